The molecule has 3 rings (SSSR count). The normalized spacial score (nSPS) is 22.9. The number of hydrogen-bond donors (Lipinski definition) is 1. The maximum absolute atomic E-state index is 13.3. The van der Waals surface area contributed by atoms with Crippen molar-refractivity contribution >= 4 is 5.84 Å². The van der Waals surface area contributed by atoms with E-state index in [0.717, 1.165) is 37.3 Å². The van der Waals surface area contributed by atoms with Crippen molar-refractivity contribution in [2.45, 2.75) is 32.9 Å². The molecule has 4 heteroatoms. The molecular formula is C16H22FN3. The van der Waals surface area contributed by atoms with E-state index in [1.807, 2.05) is 6.07 Å². The van der Waals surface area contributed by atoms with E-state index in [2.05, 4.69) is 23.6 Å². The lowest BCUT2D eigenvalue weighted by Gasteiger charge is -2.24. The van der Waals surface area contributed by atoms with E-state index in [9.17, 15) is 4.39 Å². The minimum absolute atomic E-state index is 0.248. The summed E-state index contributed by atoms with van der Waals surface area (Å²) in [5, 5.41) is 8.23. The number of hydrogen-bond acceptors (Lipinski definition) is 2. The van der Waals surface area contributed by atoms with Crippen LogP contribution in [0.25, 0.3) is 0 Å². The van der Waals surface area contributed by atoms with Crippen LogP contribution in [0.15, 0.2) is 18.2 Å². The molecular weight excluding hydrogens is 253 g/mol. The lowest BCUT2D eigenvalue weighted by molar-refractivity contribution is 0.253. The lowest BCUT2D eigenvalue weighted by atomic mass is 10.1. The van der Waals surface area contributed by atoms with Gasteiger partial charge in [-0.3, -0.25) is 5.41 Å². The molecule has 2 heterocycles. The van der Waals surface area contributed by atoms with Crippen molar-refractivity contribution in [2.24, 2.45) is 5.92 Å². The van der Waals surface area contributed by atoms with Gasteiger partial charge >= 0.3 is 0 Å². The highest BCUT2D eigenvalue weighted by atomic mass is 19.1. The number of benzene rings is 1. The molecule has 0 amide bonds. The standard InChI is InChI=1S/C16H22FN3/c1-11(2)19-6-5-12(8-19)9-20-10-13-3-4-14(17)7-15(13)16(20)18/h3-4,7,11-12,18H,5-6,8-10H2,1-2H3. The van der Waals surface area contributed by atoms with Gasteiger partial charge in [0.1, 0.15) is 11.7 Å². The van der Waals surface area contributed by atoms with Crippen LogP contribution in [0.1, 0.15) is 31.4 Å². The summed E-state index contributed by atoms with van der Waals surface area (Å²) < 4.78 is 13.3. The summed E-state index contributed by atoms with van der Waals surface area (Å²) in [5.41, 5.74) is 1.85. The predicted molar refractivity (Wildman–Crippen MR) is 78.5 cm³/mol. The highest BCUT2D eigenvalue weighted by Gasteiger charge is 2.30. The predicted octanol–water partition coefficient (Wildman–Crippen LogP) is 2.70. The molecule has 0 bridgehead atoms. The molecule has 1 aromatic carbocycles. The first-order valence-electron chi connectivity index (χ1n) is 7.41. The largest absolute Gasteiger partial charge is 0.352 e. The van der Waals surface area contributed by atoms with Crippen LogP contribution in [0.5, 0.6) is 0 Å². The third-order valence-corrected chi connectivity index (χ3v) is 4.53. The van der Waals surface area contributed by atoms with Crippen LogP contribution >= 0.6 is 0 Å². The van der Waals surface area contributed by atoms with Crippen LogP contribution in [0.4, 0.5) is 4.39 Å². The zero-order valence-electron chi connectivity index (χ0n) is 12.2. The van der Waals surface area contributed by atoms with Crippen molar-refractivity contribution in [3.63, 3.8) is 0 Å². The van der Waals surface area contributed by atoms with Crippen molar-refractivity contribution in [2.75, 3.05) is 19.6 Å². The molecule has 1 aromatic rings. The smallest absolute Gasteiger partial charge is 0.128 e. The SMILES string of the molecule is CC(C)N1CCC(CN2Cc3ccc(F)cc3C2=N)C1. The second-order valence-electron chi connectivity index (χ2n) is 6.27. The molecule has 1 fully saturated rings. The second kappa shape index (κ2) is 5.17. The molecule has 2 aliphatic heterocycles. The van der Waals surface area contributed by atoms with Crippen LogP contribution in [-0.4, -0.2) is 41.3 Å². The molecule has 1 saturated heterocycles. The van der Waals surface area contributed by atoms with E-state index in [0.29, 0.717) is 17.8 Å². The Morgan fingerprint density at radius 1 is 1.40 bits per heavy atom. The number of fused-ring (bicyclic) bond motifs is 1. The molecule has 0 aromatic heterocycles. The molecule has 1 unspecified atom stereocenters. The molecule has 0 aliphatic carbocycles. The number of nitrogens with one attached hydrogen (secondary N) is 1. The first-order chi connectivity index (χ1) is 9.54. The quantitative estimate of drug-likeness (QED) is 0.919. The van der Waals surface area contributed by atoms with Gasteiger partial charge in [0.25, 0.3) is 0 Å². The van der Waals surface area contributed by atoms with Gasteiger partial charge in [0.15, 0.2) is 0 Å². The zero-order chi connectivity index (χ0) is 14.3. The summed E-state index contributed by atoms with van der Waals surface area (Å²) in [5.74, 6) is 0.863. The molecule has 3 nitrogen and oxygen atoms in total. The summed E-state index contributed by atoms with van der Waals surface area (Å²) in [7, 11) is 0. The van der Waals surface area contributed by atoms with Crippen molar-refractivity contribution in [1.29, 1.82) is 5.41 Å². The number of likely N-dealkylation sites (tertiary alicyclic amines) is 1. The summed E-state index contributed by atoms with van der Waals surface area (Å²) in [6.07, 6.45) is 1.20. The Balaban J connectivity index is 1.65. The molecule has 2 aliphatic rings. The molecule has 0 radical (unpaired) electrons. The van der Waals surface area contributed by atoms with Crippen LogP contribution in [0.2, 0.25) is 0 Å². The van der Waals surface area contributed by atoms with Gasteiger partial charge in [0, 0.05) is 31.2 Å². The van der Waals surface area contributed by atoms with Gasteiger partial charge in [-0.05, 0) is 50.4 Å². The van der Waals surface area contributed by atoms with E-state index in [4.69, 9.17) is 5.41 Å². The van der Waals surface area contributed by atoms with Crippen LogP contribution in [-0.2, 0) is 6.54 Å². The first-order valence-corrected chi connectivity index (χ1v) is 7.41. The summed E-state index contributed by atoms with van der Waals surface area (Å²) >= 11 is 0. The number of amidine groups is 1. The highest BCUT2D eigenvalue weighted by molar-refractivity contribution is 6.00. The van der Waals surface area contributed by atoms with Gasteiger partial charge in [0.2, 0.25) is 0 Å². The summed E-state index contributed by atoms with van der Waals surface area (Å²) in [4.78, 5) is 4.59. The zero-order valence-corrected chi connectivity index (χ0v) is 12.2. The van der Waals surface area contributed by atoms with Gasteiger partial charge in [-0.25, -0.2) is 4.39 Å². The van der Waals surface area contributed by atoms with Gasteiger partial charge in [0.05, 0.1) is 0 Å². The second-order valence-corrected chi connectivity index (χ2v) is 6.27. The lowest BCUT2D eigenvalue weighted by Crippen LogP contribution is -2.33. The van der Waals surface area contributed by atoms with Gasteiger partial charge in [-0.2, -0.15) is 0 Å². The fraction of sp³-hybridized carbons (Fsp3) is 0.562. The summed E-state index contributed by atoms with van der Waals surface area (Å²) in [6, 6.07) is 5.40. The molecule has 20 heavy (non-hydrogen) atoms. The Kier molecular flexibility index (Phi) is 3.50. The minimum Gasteiger partial charge on any atom is -0.352 e. The van der Waals surface area contributed by atoms with E-state index in [-0.39, 0.29) is 5.82 Å². The van der Waals surface area contributed by atoms with E-state index >= 15 is 0 Å². The third-order valence-electron chi connectivity index (χ3n) is 4.53. The Morgan fingerprint density at radius 2 is 2.20 bits per heavy atom. The third kappa shape index (κ3) is 2.44. The Labute approximate surface area is 119 Å². The molecule has 1 atom stereocenters. The average Bonchev–Trinajstić information content (AvgIpc) is 2.98. The minimum atomic E-state index is -0.248. The van der Waals surface area contributed by atoms with Crippen LogP contribution < -0.4 is 0 Å². The van der Waals surface area contributed by atoms with Crippen LogP contribution in [0, 0.1) is 17.1 Å². The molecule has 0 saturated carbocycles. The Bertz CT molecular complexity index is 526. The van der Waals surface area contributed by atoms with Gasteiger partial charge in [-0.1, -0.05) is 6.07 Å². The van der Waals surface area contributed by atoms with Gasteiger partial charge in [-0.15, -0.1) is 0 Å². The maximum atomic E-state index is 13.3. The van der Waals surface area contributed by atoms with Crippen molar-refractivity contribution < 1.29 is 4.39 Å². The fourth-order valence-corrected chi connectivity index (χ4v) is 3.31. The number of rotatable bonds is 3. The molecule has 108 valence electrons. The maximum Gasteiger partial charge on any atom is 0.128 e. The van der Waals surface area contributed by atoms with Crippen molar-refractivity contribution in [3.8, 4) is 0 Å². The Hall–Kier alpha value is -1.42. The van der Waals surface area contributed by atoms with E-state index in [1.54, 1.807) is 0 Å². The van der Waals surface area contributed by atoms with E-state index < -0.39 is 0 Å². The van der Waals surface area contributed by atoms with Crippen molar-refractivity contribution in [3.05, 3.63) is 35.1 Å². The first kappa shape index (κ1) is 13.6. The summed E-state index contributed by atoms with van der Waals surface area (Å²) in [6.45, 7) is 8.42. The van der Waals surface area contributed by atoms with Crippen LogP contribution in [0.3, 0.4) is 0 Å². The number of halogens is 1. The molecule has 0 spiro atoms. The van der Waals surface area contributed by atoms with Crippen molar-refractivity contribution in [1.82, 2.24) is 9.80 Å². The number of nitrogens with zero attached hydrogens (tertiary/aromatic N) is 2. The molecule has 1 N–H and O–H groups in total. The van der Waals surface area contributed by atoms with Gasteiger partial charge < -0.3 is 9.80 Å². The highest BCUT2D eigenvalue weighted by Crippen LogP contribution is 2.27. The Morgan fingerprint density at radius 3 is 2.90 bits per heavy atom. The topological polar surface area (TPSA) is 30.3 Å². The monoisotopic (exact) mass is 275 g/mol. The average molecular weight is 275 g/mol. The fourth-order valence-electron chi connectivity index (χ4n) is 3.31. The van der Waals surface area contributed by atoms with E-state index in [1.165, 1.54) is 18.6 Å².